The summed E-state index contributed by atoms with van der Waals surface area (Å²) >= 11 is 0. The Labute approximate surface area is 110 Å². The van der Waals surface area contributed by atoms with E-state index in [0.29, 0.717) is 6.04 Å². The van der Waals surface area contributed by atoms with Crippen LogP contribution in [0, 0.1) is 11.8 Å². The average molecular weight is 244 g/mol. The summed E-state index contributed by atoms with van der Waals surface area (Å²) in [4.78, 5) is 4.55. The lowest BCUT2D eigenvalue weighted by Crippen LogP contribution is -2.28. The summed E-state index contributed by atoms with van der Waals surface area (Å²) in [5.74, 6) is 1.85. The van der Waals surface area contributed by atoms with Crippen molar-refractivity contribution in [2.24, 2.45) is 11.8 Å². The van der Waals surface area contributed by atoms with Gasteiger partial charge in [-0.1, -0.05) is 25.8 Å². The van der Waals surface area contributed by atoms with Crippen molar-refractivity contribution in [3.63, 3.8) is 0 Å². The number of fused-ring (bicyclic) bond motifs is 1. The van der Waals surface area contributed by atoms with Gasteiger partial charge in [-0.25, -0.2) is 0 Å². The van der Waals surface area contributed by atoms with Crippen LogP contribution in [-0.4, -0.2) is 11.5 Å². The largest absolute Gasteiger partial charge is 0.308 e. The highest BCUT2D eigenvalue weighted by atomic mass is 15.0. The van der Waals surface area contributed by atoms with Crippen LogP contribution in [0.1, 0.15) is 56.3 Å². The first-order chi connectivity index (χ1) is 8.83. The first kappa shape index (κ1) is 12.2. The summed E-state index contributed by atoms with van der Waals surface area (Å²) < 4.78 is 0. The molecule has 18 heavy (non-hydrogen) atoms. The predicted octanol–water partition coefficient (Wildman–Crippen LogP) is 3.48. The van der Waals surface area contributed by atoms with E-state index in [0.717, 1.165) is 11.8 Å². The van der Waals surface area contributed by atoms with Gasteiger partial charge in [-0.3, -0.25) is 4.98 Å². The third kappa shape index (κ3) is 2.59. The second-order valence-corrected chi connectivity index (χ2v) is 6.17. The molecule has 1 atom stereocenters. The number of hydrogen-bond donors (Lipinski definition) is 1. The Morgan fingerprint density at radius 1 is 1.22 bits per heavy atom. The summed E-state index contributed by atoms with van der Waals surface area (Å²) in [7, 11) is 0. The maximum Gasteiger partial charge on any atom is 0.0605 e. The Hall–Kier alpha value is -0.890. The molecule has 0 saturated heterocycles. The minimum Gasteiger partial charge on any atom is -0.308 e. The highest BCUT2D eigenvalue weighted by Crippen LogP contribution is 2.31. The number of hydrogen-bond acceptors (Lipinski definition) is 2. The van der Waals surface area contributed by atoms with Crippen molar-refractivity contribution in [1.29, 1.82) is 0 Å². The lowest BCUT2D eigenvalue weighted by atomic mass is 9.83. The van der Waals surface area contributed by atoms with E-state index < -0.39 is 0 Å². The molecule has 0 aromatic carbocycles. The smallest absolute Gasteiger partial charge is 0.0605 e. The number of nitrogens with one attached hydrogen (secondary N) is 1. The highest BCUT2D eigenvalue weighted by Gasteiger charge is 2.25. The topological polar surface area (TPSA) is 24.9 Å². The number of nitrogens with zero attached hydrogens (tertiary/aromatic N) is 1. The van der Waals surface area contributed by atoms with Crippen LogP contribution in [0.2, 0.25) is 0 Å². The normalized spacial score (nSPS) is 31.3. The fourth-order valence-corrected chi connectivity index (χ4v) is 3.45. The number of rotatable bonds is 3. The number of pyridine rings is 1. The van der Waals surface area contributed by atoms with Crippen molar-refractivity contribution in [2.45, 2.75) is 51.5 Å². The van der Waals surface area contributed by atoms with Crippen LogP contribution in [0.3, 0.4) is 0 Å². The molecule has 2 heteroatoms. The van der Waals surface area contributed by atoms with Gasteiger partial charge in [-0.2, -0.15) is 0 Å². The van der Waals surface area contributed by atoms with Gasteiger partial charge in [0, 0.05) is 6.20 Å². The molecule has 1 aromatic heterocycles. The Bertz CT molecular complexity index is 394. The molecule has 0 spiro atoms. The zero-order chi connectivity index (χ0) is 12.4. The summed E-state index contributed by atoms with van der Waals surface area (Å²) in [6.07, 6.45) is 10.0. The van der Waals surface area contributed by atoms with E-state index in [-0.39, 0.29) is 0 Å². The molecule has 1 heterocycles. The van der Waals surface area contributed by atoms with E-state index in [1.807, 2.05) is 6.20 Å². The quantitative estimate of drug-likeness (QED) is 0.880. The Morgan fingerprint density at radius 2 is 2.06 bits per heavy atom. The van der Waals surface area contributed by atoms with Gasteiger partial charge in [0.15, 0.2) is 0 Å². The van der Waals surface area contributed by atoms with Crippen molar-refractivity contribution < 1.29 is 0 Å². The Kier molecular flexibility index (Phi) is 3.64. The van der Waals surface area contributed by atoms with Gasteiger partial charge in [0.05, 0.1) is 11.7 Å². The van der Waals surface area contributed by atoms with Gasteiger partial charge in [0.1, 0.15) is 0 Å². The predicted molar refractivity (Wildman–Crippen MR) is 74.4 cm³/mol. The third-order valence-corrected chi connectivity index (χ3v) is 4.75. The van der Waals surface area contributed by atoms with Crippen molar-refractivity contribution in [1.82, 2.24) is 10.3 Å². The first-order valence-corrected chi connectivity index (χ1v) is 7.50. The molecule has 1 fully saturated rings. The van der Waals surface area contributed by atoms with Gasteiger partial charge in [-0.05, 0) is 55.7 Å². The molecule has 1 unspecified atom stereocenters. The fourth-order valence-electron chi connectivity index (χ4n) is 3.45. The van der Waals surface area contributed by atoms with Crippen molar-refractivity contribution >= 4 is 0 Å². The summed E-state index contributed by atoms with van der Waals surface area (Å²) in [6, 6.07) is 4.80. The van der Waals surface area contributed by atoms with Gasteiger partial charge < -0.3 is 5.32 Å². The second kappa shape index (κ2) is 5.40. The van der Waals surface area contributed by atoms with Gasteiger partial charge in [-0.15, -0.1) is 0 Å². The van der Waals surface area contributed by atoms with E-state index >= 15 is 0 Å². The maximum atomic E-state index is 4.55. The Balaban J connectivity index is 1.53. The van der Waals surface area contributed by atoms with Crippen LogP contribution in [0.15, 0.2) is 18.3 Å². The molecule has 1 aromatic rings. The molecule has 2 aliphatic rings. The van der Waals surface area contributed by atoms with Crippen LogP contribution in [0.25, 0.3) is 0 Å². The maximum absolute atomic E-state index is 4.55. The van der Waals surface area contributed by atoms with Crippen LogP contribution >= 0.6 is 0 Å². The first-order valence-electron chi connectivity index (χ1n) is 7.50. The van der Waals surface area contributed by atoms with Crippen molar-refractivity contribution in [3.8, 4) is 0 Å². The highest BCUT2D eigenvalue weighted by molar-refractivity contribution is 5.27. The number of aryl methyl sites for hydroxylation is 1. The minimum atomic E-state index is 0.514. The molecule has 0 amide bonds. The molecule has 0 bridgehead atoms. The zero-order valence-electron chi connectivity index (χ0n) is 11.4. The van der Waals surface area contributed by atoms with Crippen LogP contribution in [-0.2, 0) is 6.42 Å². The summed E-state index contributed by atoms with van der Waals surface area (Å²) in [5, 5.41) is 3.76. The summed E-state index contributed by atoms with van der Waals surface area (Å²) in [5.41, 5.74) is 2.76. The zero-order valence-corrected chi connectivity index (χ0v) is 11.4. The van der Waals surface area contributed by atoms with E-state index in [1.54, 1.807) is 0 Å². The van der Waals surface area contributed by atoms with E-state index in [2.05, 4.69) is 29.4 Å². The SMILES string of the molecule is CC1CCC(CNC2CCc3cccnc32)CC1. The van der Waals surface area contributed by atoms with E-state index in [1.165, 1.54) is 56.3 Å². The van der Waals surface area contributed by atoms with Crippen LogP contribution in [0.5, 0.6) is 0 Å². The fraction of sp³-hybridized carbons (Fsp3) is 0.688. The van der Waals surface area contributed by atoms with Gasteiger partial charge >= 0.3 is 0 Å². The van der Waals surface area contributed by atoms with E-state index in [9.17, 15) is 0 Å². The second-order valence-electron chi connectivity index (χ2n) is 6.17. The van der Waals surface area contributed by atoms with Gasteiger partial charge in [0.25, 0.3) is 0 Å². The molecular formula is C16H24N2. The van der Waals surface area contributed by atoms with Crippen LogP contribution < -0.4 is 5.32 Å². The van der Waals surface area contributed by atoms with Gasteiger partial charge in [0.2, 0.25) is 0 Å². The molecule has 3 rings (SSSR count). The molecule has 98 valence electrons. The minimum absolute atomic E-state index is 0.514. The number of aromatic nitrogens is 1. The van der Waals surface area contributed by atoms with Crippen LogP contribution in [0.4, 0.5) is 0 Å². The monoisotopic (exact) mass is 244 g/mol. The Morgan fingerprint density at radius 3 is 2.89 bits per heavy atom. The average Bonchev–Trinajstić information content (AvgIpc) is 2.82. The molecule has 0 radical (unpaired) electrons. The molecule has 1 N–H and O–H groups in total. The molecule has 0 aliphatic heterocycles. The third-order valence-electron chi connectivity index (χ3n) is 4.75. The lowest BCUT2D eigenvalue weighted by molar-refractivity contribution is 0.273. The lowest BCUT2D eigenvalue weighted by Gasteiger charge is -2.27. The molecule has 2 aliphatic carbocycles. The summed E-state index contributed by atoms with van der Waals surface area (Å²) in [6.45, 7) is 3.58. The van der Waals surface area contributed by atoms with Crippen molar-refractivity contribution in [2.75, 3.05) is 6.54 Å². The van der Waals surface area contributed by atoms with Crippen molar-refractivity contribution in [3.05, 3.63) is 29.6 Å². The molecular weight excluding hydrogens is 220 g/mol. The molecule has 2 nitrogen and oxygen atoms in total. The molecule has 1 saturated carbocycles. The van der Waals surface area contributed by atoms with E-state index in [4.69, 9.17) is 0 Å². The standard InChI is InChI=1S/C16H24N2/c1-12-4-6-13(7-5-12)11-18-15-9-8-14-3-2-10-17-16(14)15/h2-3,10,12-13,15,18H,4-9,11H2,1H3.